The Morgan fingerprint density at radius 2 is 1.94 bits per heavy atom. The predicted octanol–water partition coefficient (Wildman–Crippen LogP) is 3.03. The van der Waals surface area contributed by atoms with Gasteiger partial charge in [0.15, 0.2) is 0 Å². The van der Waals surface area contributed by atoms with Crippen LogP contribution in [0.5, 0.6) is 0 Å². The first-order chi connectivity index (χ1) is 15.4. The van der Waals surface area contributed by atoms with Gasteiger partial charge in [-0.3, -0.25) is 14.7 Å². The number of aromatic amines is 1. The van der Waals surface area contributed by atoms with Crippen LogP contribution in [-0.2, 0) is 4.79 Å². The van der Waals surface area contributed by atoms with Gasteiger partial charge >= 0.3 is 6.18 Å². The number of rotatable bonds is 3. The van der Waals surface area contributed by atoms with Crippen molar-refractivity contribution in [2.75, 3.05) is 50.7 Å². The Bertz CT molecular complexity index is 1120. The molecule has 170 valence electrons. The number of pyridine rings is 2. The van der Waals surface area contributed by atoms with Gasteiger partial charge in [-0.1, -0.05) is 0 Å². The van der Waals surface area contributed by atoms with Crippen LogP contribution in [0.15, 0.2) is 30.7 Å². The van der Waals surface area contributed by atoms with Gasteiger partial charge in [-0.2, -0.15) is 13.2 Å². The summed E-state index contributed by atoms with van der Waals surface area (Å²) in [6.07, 6.45) is 1.68. The van der Waals surface area contributed by atoms with Gasteiger partial charge in [0.05, 0.1) is 24.2 Å². The maximum Gasteiger partial charge on any atom is 0.393 e. The number of likely N-dealkylation sites (tertiary alicyclic amines) is 1. The molecule has 2 aliphatic rings. The van der Waals surface area contributed by atoms with Crippen LogP contribution >= 0.6 is 0 Å². The van der Waals surface area contributed by atoms with Gasteiger partial charge in [-0.05, 0) is 25.0 Å². The zero-order valence-electron chi connectivity index (χ0n) is 17.6. The third-order valence-electron chi connectivity index (χ3n) is 6.58. The van der Waals surface area contributed by atoms with E-state index in [-0.39, 0.29) is 25.4 Å². The summed E-state index contributed by atoms with van der Waals surface area (Å²) in [4.78, 5) is 30.4. The molecule has 0 spiro atoms. The highest BCUT2D eigenvalue weighted by atomic mass is 19.4. The third kappa shape index (κ3) is 3.99. The molecule has 2 fully saturated rings. The number of fused-ring (bicyclic) bond motifs is 3. The van der Waals surface area contributed by atoms with Crippen molar-refractivity contribution in [3.63, 3.8) is 0 Å². The largest absolute Gasteiger partial charge is 0.393 e. The molecule has 1 amide bonds. The molecule has 0 bridgehead atoms. The summed E-state index contributed by atoms with van der Waals surface area (Å²) in [6, 6.07) is 4.00. The summed E-state index contributed by atoms with van der Waals surface area (Å²) < 4.78 is 39.2. The van der Waals surface area contributed by atoms with E-state index in [4.69, 9.17) is 0 Å². The van der Waals surface area contributed by atoms with E-state index in [1.165, 1.54) is 4.90 Å². The van der Waals surface area contributed by atoms with Gasteiger partial charge in [-0.15, -0.1) is 0 Å². The highest BCUT2D eigenvalue weighted by Gasteiger charge is 2.42. The summed E-state index contributed by atoms with van der Waals surface area (Å²) in [5.74, 6) is -1.61. The number of hydrogen-bond donors (Lipinski definition) is 1. The number of piperidine rings is 1. The number of halogens is 3. The van der Waals surface area contributed by atoms with Crippen molar-refractivity contribution in [2.24, 2.45) is 5.92 Å². The lowest BCUT2D eigenvalue weighted by Crippen LogP contribution is -2.52. The number of carbonyl (C=O) groups excluding carboxylic acids is 1. The first kappa shape index (κ1) is 21.0. The SMILES string of the molecule is O=C(CN1CCN(c2ccnc3cnc4[nH]ccc4c23)CC1)N1CCCC(C(F)(F)F)C1. The van der Waals surface area contributed by atoms with Crippen molar-refractivity contribution in [1.29, 1.82) is 0 Å². The van der Waals surface area contributed by atoms with Crippen LogP contribution in [0.25, 0.3) is 21.9 Å². The first-order valence-electron chi connectivity index (χ1n) is 10.9. The molecule has 0 radical (unpaired) electrons. The normalized spacial score (nSPS) is 20.9. The van der Waals surface area contributed by atoms with Crippen molar-refractivity contribution < 1.29 is 18.0 Å². The summed E-state index contributed by atoms with van der Waals surface area (Å²) >= 11 is 0. The van der Waals surface area contributed by atoms with Crippen molar-refractivity contribution in [3.05, 3.63) is 30.7 Å². The summed E-state index contributed by atoms with van der Waals surface area (Å²) in [7, 11) is 0. The smallest absolute Gasteiger partial charge is 0.368 e. The van der Waals surface area contributed by atoms with E-state index in [1.807, 2.05) is 23.2 Å². The van der Waals surface area contributed by atoms with Crippen LogP contribution in [0, 0.1) is 5.92 Å². The van der Waals surface area contributed by atoms with E-state index in [2.05, 4.69) is 19.9 Å². The maximum absolute atomic E-state index is 13.1. The fourth-order valence-corrected chi connectivity index (χ4v) is 4.81. The molecule has 1 N–H and O–H groups in total. The minimum atomic E-state index is -4.24. The Morgan fingerprint density at radius 1 is 1.12 bits per heavy atom. The fourth-order valence-electron chi connectivity index (χ4n) is 4.81. The number of alkyl halides is 3. The number of H-pyrrole nitrogens is 1. The minimum Gasteiger partial charge on any atom is -0.368 e. The van der Waals surface area contributed by atoms with Gasteiger partial charge in [-0.25, -0.2) is 4.98 Å². The lowest BCUT2D eigenvalue weighted by atomic mass is 9.97. The molecule has 2 saturated heterocycles. The molecule has 0 aromatic carbocycles. The number of carbonyl (C=O) groups is 1. The Kier molecular flexibility index (Phi) is 5.40. The maximum atomic E-state index is 13.1. The second kappa shape index (κ2) is 8.23. The Hall–Kier alpha value is -2.88. The predicted molar refractivity (Wildman–Crippen MR) is 115 cm³/mol. The van der Waals surface area contributed by atoms with E-state index in [0.717, 1.165) is 40.7 Å². The standard InChI is InChI=1S/C22H25F3N6O/c23-22(24,25)15-2-1-7-31(13-15)19(32)14-29-8-10-30(11-9-29)18-4-6-26-17-12-28-21-16(20(17)18)3-5-27-21/h3-6,12,15H,1-2,7-11,13-14H2,(H,27,28). The molecule has 5 heterocycles. The molecule has 3 aromatic heterocycles. The molecule has 7 nitrogen and oxygen atoms in total. The van der Waals surface area contributed by atoms with Crippen molar-refractivity contribution in [3.8, 4) is 0 Å². The monoisotopic (exact) mass is 446 g/mol. The van der Waals surface area contributed by atoms with Crippen LogP contribution in [-0.4, -0.2) is 82.6 Å². The third-order valence-corrected chi connectivity index (χ3v) is 6.58. The van der Waals surface area contributed by atoms with Gasteiger partial charge in [0.1, 0.15) is 5.65 Å². The molecule has 2 aliphatic heterocycles. The molecular formula is C22H25F3N6O. The van der Waals surface area contributed by atoms with Gasteiger partial charge in [0.2, 0.25) is 5.91 Å². The molecule has 3 aromatic rings. The number of anilines is 1. The first-order valence-corrected chi connectivity index (χ1v) is 10.9. The zero-order valence-corrected chi connectivity index (χ0v) is 17.6. The molecule has 1 atom stereocenters. The highest BCUT2D eigenvalue weighted by Crippen LogP contribution is 2.34. The van der Waals surface area contributed by atoms with E-state index in [1.54, 1.807) is 12.4 Å². The van der Waals surface area contributed by atoms with Crippen LogP contribution < -0.4 is 4.90 Å². The lowest BCUT2D eigenvalue weighted by Gasteiger charge is -2.38. The van der Waals surface area contributed by atoms with Crippen molar-refractivity contribution >= 4 is 33.5 Å². The number of hydrogen-bond acceptors (Lipinski definition) is 5. The lowest BCUT2D eigenvalue weighted by molar-refractivity contribution is -0.188. The molecule has 0 saturated carbocycles. The summed E-state index contributed by atoms with van der Waals surface area (Å²) in [6.45, 7) is 3.17. The van der Waals surface area contributed by atoms with Crippen molar-refractivity contribution in [2.45, 2.75) is 19.0 Å². The molecule has 32 heavy (non-hydrogen) atoms. The average Bonchev–Trinajstić information content (AvgIpc) is 3.28. The molecule has 0 aliphatic carbocycles. The topological polar surface area (TPSA) is 68.4 Å². The van der Waals surface area contributed by atoms with Gasteiger partial charge < -0.3 is 14.8 Å². The molecule has 1 unspecified atom stereocenters. The van der Waals surface area contributed by atoms with E-state index < -0.39 is 12.1 Å². The quantitative estimate of drug-likeness (QED) is 0.670. The number of amides is 1. The summed E-state index contributed by atoms with van der Waals surface area (Å²) in [5, 5.41) is 2.07. The molecule has 10 heteroatoms. The number of nitrogens with one attached hydrogen (secondary N) is 1. The Balaban J connectivity index is 1.24. The Labute approximate surface area is 183 Å². The zero-order chi connectivity index (χ0) is 22.3. The van der Waals surface area contributed by atoms with Crippen LogP contribution in [0.4, 0.5) is 18.9 Å². The van der Waals surface area contributed by atoms with Gasteiger partial charge in [0, 0.05) is 68.1 Å². The molecule has 5 rings (SSSR count). The van der Waals surface area contributed by atoms with E-state index in [0.29, 0.717) is 26.1 Å². The van der Waals surface area contributed by atoms with Crippen LogP contribution in [0.1, 0.15) is 12.8 Å². The molecular weight excluding hydrogens is 421 g/mol. The fraction of sp³-hybridized carbons (Fsp3) is 0.500. The average molecular weight is 446 g/mol. The minimum absolute atomic E-state index is 0.107. The second-order valence-electron chi connectivity index (χ2n) is 8.57. The van der Waals surface area contributed by atoms with E-state index >= 15 is 0 Å². The van der Waals surface area contributed by atoms with Crippen molar-refractivity contribution in [1.82, 2.24) is 24.8 Å². The number of aromatic nitrogens is 3. The second-order valence-corrected chi connectivity index (χ2v) is 8.57. The highest BCUT2D eigenvalue weighted by molar-refractivity contribution is 6.09. The van der Waals surface area contributed by atoms with E-state index in [9.17, 15) is 18.0 Å². The number of piperazine rings is 1. The Morgan fingerprint density at radius 3 is 2.72 bits per heavy atom. The van der Waals surface area contributed by atoms with Gasteiger partial charge in [0.25, 0.3) is 0 Å². The summed E-state index contributed by atoms with van der Waals surface area (Å²) in [5.41, 5.74) is 2.73. The van der Waals surface area contributed by atoms with Crippen LogP contribution in [0.3, 0.4) is 0 Å². The number of nitrogens with zero attached hydrogens (tertiary/aromatic N) is 5. The van der Waals surface area contributed by atoms with Crippen LogP contribution in [0.2, 0.25) is 0 Å².